The fraction of sp³-hybridized carbons (Fsp3) is 0. The largest absolute Gasteiger partial charge is 0.456 e. The first kappa shape index (κ1) is 21.8. The lowest BCUT2D eigenvalue weighted by Crippen LogP contribution is -1.93. The van der Waals surface area contributed by atoms with Crippen molar-refractivity contribution >= 4 is 71.2 Å². The van der Waals surface area contributed by atoms with E-state index in [1.807, 2.05) is 30.4 Å². The van der Waals surface area contributed by atoms with Gasteiger partial charge in [0.05, 0.1) is 11.0 Å². The summed E-state index contributed by atoms with van der Waals surface area (Å²) in [7, 11) is 0. The standard InChI is InChI=1S/C36H24N2O/c1-3-9-24(4-2)38-31-12-7-5-11-27(31)36-32(38)19-18-30-35(36)28-20-22(15-17-29(28)37-30)23-14-16-26-25-10-6-8-13-33(25)39-34(26)21-23/h3-21,37H,1-2H2/b24-9+. The number of nitrogens with one attached hydrogen (secondary N) is 1. The van der Waals surface area contributed by atoms with Crippen molar-refractivity contribution in [1.29, 1.82) is 0 Å². The van der Waals surface area contributed by atoms with Gasteiger partial charge in [0.25, 0.3) is 0 Å². The molecule has 0 radical (unpaired) electrons. The van der Waals surface area contributed by atoms with E-state index in [4.69, 9.17) is 4.42 Å². The zero-order valence-corrected chi connectivity index (χ0v) is 21.2. The van der Waals surface area contributed by atoms with E-state index < -0.39 is 0 Å². The second-order valence-electron chi connectivity index (χ2n) is 9.96. The molecule has 0 atom stereocenters. The van der Waals surface area contributed by atoms with E-state index in [0.29, 0.717) is 0 Å². The minimum absolute atomic E-state index is 0.907. The molecule has 0 saturated carbocycles. The summed E-state index contributed by atoms with van der Waals surface area (Å²) < 4.78 is 8.46. The zero-order valence-electron chi connectivity index (χ0n) is 21.2. The van der Waals surface area contributed by atoms with E-state index in [9.17, 15) is 0 Å². The lowest BCUT2D eigenvalue weighted by molar-refractivity contribution is 0.669. The van der Waals surface area contributed by atoms with Crippen LogP contribution < -0.4 is 0 Å². The van der Waals surface area contributed by atoms with Crippen molar-refractivity contribution in [2.45, 2.75) is 0 Å². The van der Waals surface area contributed by atoms with E-state index in [0.717, 1.165) is 60.8 Å². The highest BCUT2D eigenvalue weighted by atomic mass is 16.3. The molecule has 0 aliphatic rings. The summed E-state index contributed by atoms with van der Waals surface area (Å²) in [4.78, 5) is 3.66. The Hall–Kier alpha value is -5.28. The van der Waals surface area contributed by atoms with Gasteiger partial charge in [-0.15, -0.1) is 0 Å². The molecule has 1 N–H and O–H groups in total. The van der Waals surface area contributed by atoms with Gasteiger partial charge in [0.1, 0.15) is 11.2 Å². The summed E-state index contributed by atoms with van der Waals surface area (Å²) in [6.45, 7) is 8.00. The number of rotatable bonds is 4. The zero-order chi connectivity index (χ0) is 26.1. The molecule has 0 aliphatic carbocycles. The molecule has 39 heavy (non-hydrogen) atoms. The van der Waals surface area contributed by atoms with E-state index in [-0.39, 0.29) is 0 Å². The van der Waals surface area contributed by atoms with Crippen molar-refractivity contribution in [1.82, 2.24) is 9.55 Å². The number of furan rings is 1. The number of benzene rings is 5. The fourth-order valence-corrected chi connectivity index (χ4v) is 6.17. The smallest absolute Gasteiger partial charge is 0.136 e. The van der Waals surface area contributed by atoms with E-state index in [1.165, 1.54) is 21.5 Å². The van der Waals surface area contributed by atoms with Crippen molar-refractivity contribution in [2.75, 3.05) is 0 Å². The van der Waals surface area contributed by atoms with Gasteiger partial charge >= 0.3 is 0 Å². The number of hydrogen-bond donors (Lipinski definition) is 1. The molecule has 8 aromatic rings. The Morgan fingerprint density at radius 2 is 1.38 bits per heavy atom. The van der Waals surface area contributed by atoms with E-state index in [1.54, 1.807) is 0 Å². The third-order valence-corrected chi connectivity index (χ3v) is 7.86. The molecule has 3 heterocycles. The first-order chi connectivity index (χ1) is 19.2. The molecule has 0 fully saturated rings. The summed E-state index contributed by atoms with van der Waals surface area (Å²) in [5.74, 6) is 0. The van der Waals surface area contributed by atoms with E-state index >= 15 is 0 Å². The summed E-state index contributed by atoms with van der Waals surface area (Å²) >= 11 is 0. The highest BCUT2D eigenvalue weighted by Crippen LogP contribution is 2.41. The Morgan fingerprint density at radius 3 is 2.26 bits per heavy atom. The second-order valence-corrected chi connectivity index (χ2v) is 9.96. The Labute approximate surface area is 224 Å². The first-order valence-corrected chi connectivity index (χ1v) is 13.1. The van der Waals surface area contributed by atoms with Gasteiger partial charge in [-0.3, -0.25) is 0 Å². The average Bonchev–Trinajstić information content (AvgIpc) is 3.64. The van der Waals surface area contributed by atoms with Gasteiger partial charge in [0.15, 0.2) is 0 Å². The Bertz CT molecular complexity index is 2320. The number of fused-ring (bicyclic) bond motifs is 10. The molecule has 0 saturated heterocycles. The van der Waals surface area contributed by atoms with Gasteiger partial charge in [-0.2, -0.15) is 0 Å². The van der Waals surface area contributed by atoms with Crippen LogP contribution >= 0.6 is 0 Å². The third kappa shape index (κ3) is 3.04. The molecule has 3 aromatic heterocycles. The number of nitrogens with zero attached hydrogens (tertiary/aromatic N) is 1. The van der Waals surface area contributed by atoms with Crippen molar-refractivity contribution in [3.8, 4) is 11.1 Å². The van der Waals surface area contributed by atoms with Crippen LogP contribution in [-0.4, -0.2) is 9.55 Å². The van der Waals surface area contributed by atoms with Crippen LogP contribution in [0.15, 0.2) is 133 Å². The lowest BCUT2D eigenvalue weighted by atomic mass is 10.00. The number of allylic oxidation sites excluding steroid dienone is 4. The number of aromatic nitrogens is 2. The molecule has 3 heteroatoms. The highest BCUT2D eigenvalue weighted by molar-refractivity contribution is 6.28. The Kier molecular flexibility index (Phi) is 4.53. The maximum atomic E-state index is 6.19. The van der Waals surface area contributed by atoms with Gasteiger partial charge in [0, 0.05) is 49.0 Å². The maximum Gasteiger partial charge on any atom is 0.136 e. The van der Waals surface area contributed by atoms with E-state index in [2.05, 4.69) is 108 Å². The van der Waals surface area contributed by atoms with Gasteiger partial charge in [-0.05, 0) is 71.8 Å². The predicted octanol–water partition coefficient (Wildman–Crippen LogP) is 10.2. The van der Waals surface area contributed by atoms with Crippen LogP contribution in [0.5, 0.6) is 0 Å². The van der Waals surface area contributed by atoms with Crippen LogP contribution in [0.2, 0.25) is 0 Å². The van der Waals surface area contributed by atoms with Crippen molar-refractivity contribution < 1.29 is 4.42 Å². The SMILES string of the molecule is C=C/C=C(\C=C)n1c2ccccc2c2c3c(ccc21)[nH]c1ccc(-c2ccc4c(c2)oc2ccccc24)cc13. The van der Waals surface area contributed by atoms with Crippen LogP contribution in [-0.2, 0) is 0 Å². The molecule has 0 bridgehead atoms. The molecule has 0 unspecified atom stereocenters. The number of hydrogen-bond acceptors (Lipinski definition) is 1. The molecular weight excluding hydrogens is 476 g/mol. The molecule has 0 aliphatic heterocycles. The monoisotopic (exact) mass is 500 g/mol. The molecule has 3 nitrogen and oxygen atoms in total. The minimum atomic E-state index is 0.907. The molecule has 184 valence electrons. The topological polar surface area (TPSA) is 33.9 Å². The summed E-state index contributed by atoms with van der Waals surface area (Å²) in [6.07, 6.45) is 5.71. The number of H-pyrrole nitrogens is 1. The normalized spacial score (nSPS) is 12.5. The number of aromatic amines is 1. The van der Waals surface area contributed by atoms with Gasteiger partial charge in [-0.25, -0.2) is 0 Å². The summed E-state index contributed by atoms with van der Waals surface area (Å²) in [5, 5.41) is 7.16. The summed E-state index contributed by atoms with van der Waals surface area (Å²) in [6, 6.07) is 34.4. The summed E-state index contributed by atoms with van der Waals surface area (Å²) in [5.41, 5.74) is 9.64. The minimum Gasteiger partial charge on any atom is -0.456 e. The maximum absolute atomic E-state index is 6.19. The Morgan fingerprint density at radius 1 is 0.641 bits per heavy atom. The third-order valence-electron chi connectivity index (χ3n) is 7.86. The second kappa shape index (κ2) is 8.11. The van der Waals surface area contributed by atoms with Gasteiger partial charge < -0.3 is 14.0 Å². The van der Waals surface area contributed by atoms with Crippen LogP contribution in [0.25, 0.3) is 82.4 Å². The molecule has 5 aromatic carbocycles. The van der Waals surface area contributed by atoms with Gasteiger partial charge in [0.2, 0.25) is 0 Å². The highest BCUT2D eigenvalue weighted by Gasteiger charge is 2.18. The van der Waals surface area contributed by atoms with Crippen molar-refractivity contribution in [3.63, 3.8) is 0 Å². The van der Waals surface area contributed by atoms with Crippen LogP contribution in [0.3, 0.4) is 0 Å². The average molecular weight is 501 g/mol. The Balaban J connectivity index is 1.43. The van der Waals surface area contributed by atoms with Crippen LogP contribution in [0.1, 0.15) is 0 Å². The fourth-order valence-electron chi connectivity index (χ4n) is 6.17. The molecule has 8 rings (SSSR count). The van der Waals surface area contributed by atoms with Crippen LogP contribution in [0, 0.1) is 0 Å². The quantitative estimate of drug-likeness (QED) is 0.240. The van der Waals surface area contributed by atoms with Crippen molar-refractivity contribution in [2.24, 2.45) is 0 Å². The number of para-hydroxylation sites is 2. The molecule has 0 amide bonds. The first-order valence-electron chi connectivity index (χ1n) is 13.1. The lowest BCUT2D eigenvalue weighted by Gasteiger charge is -2.08. The van der Waals surface area contributed by atoms with Gasteiger partial charge in [-0.1, -0.05) is 67.8 Å². The molecule has 0 spiro atoms. The van der Waals surface area contributed by atoms with Crippen molar-refractivity contribution in [3.05, 3.63) is 128 Å². The molecular formula is C36H24N2O. The predicted molar refractivity (Wildman–Crippen MR) is 166 cm³/mol. The van der Waals surface area contributed by atoms with Crippen LogP contribution in [0.4, 0.5) is 0 Å².